The molecular formula is C24H35F5N4O6. The van der Waals surface area contributed by atoms with Crippen LogP contribution in [0.5, 0.6) is 0 Å². The molecule has 0 radical (unpaired) electrons. The zero-order valence-electron chi connectivity index (χ0n) is 22.5. The second kappa shape index (κ2) is 12.9. The van der Waals surface area contributed by atoms with Gasteiger partial charge in [-0.1, -0.05) is 27.7 Å². The van der Waals surface area contributed by atoms with Crippen LogP contribution in [0.3, 0.4) is 0 Å². The van der Waals surface area contributed by atoms with Gasteiger partial charge in [0.15, 0.2) is 0 Å². The van der Waals surface area contributed by atoms with E-state index in [2.05, 4.69) is 15.4 Å². The smallest absolute Gasteiger partial charge is 0.422 e. The molecule has 2 aliphatic rings. The number of nitrogens with zero attached hydrogens (tertiary/aromatic N) is 2. The van der Waals surface area contributed by atoms with Gasteiger partial charge in [-0.25, -0.2) is 4.79 Å². The largest absolute Gasteiger partial charge is 0.461 e. The lowest BCUT2D eigenvalue weighted by atomic mass is 10.0. The predicted molar refractivity (Wildman–Crippen MR) is 127 cm³/mol. The third-order valence-corrected chi connectivity index (χ3v) is 6.32. The first-order valence-electron chi connectivity index (χ1n) is 12.6. The van der Waals surface area contributed by atoms with Gasteiger partial charge in [-0.2, -0.15) is 22.0 Å². The fourth-order valence-corrected chi connectivity index (χ4v) is 4.23. The van der Waals surface area contributed by atoms with Crippen LogP contribution in [0, 0.1) is 11.8 Å². The number of esters is 1. The lowest BCUT2D eigenvalue weighted by molar-refractivity contribution is -0.276. The number of alkyl halides is 5. The fraction of sp³-hybridized carbons (Fsp3) is 0.750. The van der Waals surface area contributed by atoms with Gasteiger partial charge in [-0.3, -0.25) is 14.4 Å². The molecule has 2 atom stereocenters. The molecule has 2 N–H and O–H groups in total. The van der Waals surface area contributed by atoms with Crippen LogP contribution >= 0.6 is 0 Å². The normalized spacial score (nSPS) is 20.1. The van der Waals surface area contributed by atoms with E-state index in [0.29, 0.717) is 39.6 Å². The molecule has 2 fully saturated rings. The van der Waals surface area contributed by atoms with Gasteiger partial charge in [-0.05, 0) is 24.7 Å². The Morgan fingerprint density at radius 1 is 0.974 bits per heavy atom. The highest BCUT2D eigenvalue weighted by molar-refractivity contribution is 5.93. The highest BCUT2D eigenvalue weighted by Gasteiger charge is 2.63. The summed E-state index contributed by atoms with van der Waals surface area (Å²) in [6.07, 6.45) is -5.66. The summed E-state index contributed by atoms with van der Waals surface area (Å²) in [5.41, 5.74) is -0.933. The van der Waals surface area contributed by atoms with E-state index in [9.17, 15) is 41.1 Å². The van der Waals surface area contributed by atoms with E-state index < -0.39 is 65.4 Å². The lowest BCUT2D eigenvalue weighted by Gasteiger charge is -2.33. The summed E-state index contributed by atoms with van der Waals surface area (Å²) in [5, 5.41) is 4.74. The maximum atomic E-state index is 14.3. The number of urea groups is 1. The Kier molecular flexibility index (Phi) is 10.7. The molecule has 0 aromatic rings. The van der Waals surface area contributed by atoms with Crippen LogP contribution in [0.25, 0.3) is 0 Å². The Balaban J connectivity index is 2.33. The van der Waals surface area contributed by atoms with Crippen LogP contribution in [-0.2, 0) is 23.9 Å². The van der Waals surface area contributed by atoms with Gasteiger partial charge in [0.05, 0.1) is 18.9 Å². The number of carbonyl (C=O) groups is 4. The van der Waals surface area contributed by atoms with Crippen molar-refractivity contribution in [1.29, 1.82) is 0 Å². The van der Waals surface area contributed by atoms with Crippen LogP contribution in [0.1, 0.15) is 47.5 Å². The predicted octanol–water partition coefficient (Wildman–Crippen LogP) is 2.79. The summed E-state index contributed by atoms with van der Waals surface area (Å²) < 4.78 is 77.7. The molecule has 0 unspecified atom stereocenters. The number of nitrogens with one attached hydrogen (secondary N) is 2. The Hall–Kier alpha value is -2.97. The molecule has 0 aromatic heterocycles. The van der Waals surface area contributed by atoms with Crippen molar-refractivity contribution in [2.45, 2.75) is 71.6 Å². The Morgan fingerprint density at radius 2 is 1.56 bits per heavy atom. The van der Waals surface area contributed by atoms with E-state index in [0.717, 1.165) is 0 Å². The summed E-state index contributed by atoms with van der Waals surface area (Å²) in [4.78, 5) is 53.4. The summed E-state index contributed by atoms with van der Waals surface area (Å²) >= 11 is 0. The fourth-order valence-electron chi connectivity index (χ4n) is 4.23. The summed E-state index contributed by atoms with van der Waals surface area (Å²) in [7, 11) is 0. The molecule has 2 saturated heterocycles. The number of hydrogen-bond acceptors (Lipinski definition) is 6. The number of carbonyl (C=O) groups excluding carboxylic acids is 4. The average molecular weight is 571 g/mol. The number of allylic oxidation sites excluding steroid dienone is 2. The molecule has 2 rings (SSSR count). The van der Waals surface area contributed by atoms with Gasteiger partial charge in [0.25, 0.3) is 0 Å². The minimum Gasteiger partial charge on any atom is -0.422 e. The number of amides is 4. The Bertz CT molecular complexity index is 963. The van der Waals surface area contributed by atoms with Crippen LogP contribution in [0.2, 0.25) is 0 Å². The molecule has 15 heteroatoms. The number of rotatable bonds is 8. The molecular weight excluding hydrogens is 535 g/mol. The van der Waals surface area contributed by atoms with Crippen LogP contribution in [-0.4, -0.2) is 90.6 Å². The minimum atomic E-state index is -6.11. The molecule has 2 heterocycles. The zero-order valence-corrected chi connectivity index (χ0v) is 22.5. The van der Waals surface area contributed by atoms with Gasteiger partial charge in [0.2, 0.25) is 17.6 Å². The second-order valence-corrected chi connectivity index (χ2v) is 10.0. The van der Waals surface area contributed by atoms with Crippen molar-refractivity contribution in [2.75, 3.05) is 32.8 Å². The van der Waals surface area contributed by atoms with Crippen LogP contribution < -0.4 is 10.6 Å². The minimum absolute atomic E-state index is 0.101. The zero-order chi connectivity index (χ0) is 29.7. The van der Waals surface area contributed by atoms with Crippen molar-refractivity contribution in [2.24, 2.45) is 11.8 Å². The van der Waals surface area contributed by atoms with Crippen molar-refractivity contribution in [3.63, 3.8) is 0 Å². The number of ether oxygens (including phenoxy) is 2. The van der Waals surface area contributed by atoms with Gasteiger partial charge >= 0.3 is 24.1 Å². The molecule has 222 valence electrons. The van der Waals surface area contributed by atoms with E-state index >= 15 is 0 Å². The van der Waals surface area contributed by atoms with E-state index in [-0.39, 0.29) is 18.9 Å². The number of halogens is 5. The first-order chi connectivity index (χ1) is 18.0. The van der Waals surface area contributed by atoms with Gasteiger partial charge in [0.1, 0.15) is 12.1 Å². The quantitative estimate of drug-likeness (QED) is 0.263. The molecule has 2 aliphatic heterocycles. The molecule has 0 aromatic carbocycles. The number of likely N-dealkylation sites (tertiary alicyclic amines) is 1. The van der Waals surface area contributed by atoms with Crippen molar-refractivity contribution >= 4 is 23.8 Å². The van der Waals surface area contributed by atoms with Crippen molar-refractivity contribution in [1.82, 2.24) is 20.4 Å². The first kappa shape index (κ1) is 32.2. The standard InChI is InChI=1S/C24H35F5N4O6/c1-13(2)17(19(39-15(5)34)23(25,26)24(27,28)29)30-20(35)16-7-6-8-33(16)21(36)18(14(3)4)31-22(37)32-9-11-38-12-10-32/h13-14,16,18H,6-12H2,1-5H3,(H,30,35)(H,31,37)/b19-17-/t16-,18-/m0/s1. The third kappa shape index (κ3) is 7.79. The molecule has 0 bridgehead atoms. The van der Waals surface area contributed by atoms with Crippen molar-refractivity contribution in [3.8, 4) is 0 Å². The van der Waals surface area contributed by atoms with E-state index in [1.165, 1.54) is 23.6 Å². The van der Waals surface area contributed by atoms with Crippen molar-refractivity contribution < 1.29 is 50.6 Å². The molecule has 0 saturated carbocycles. The van der Waals surface area contributed by atoms with E-state index in [1.807, 2.05) is 0 Å². The monoisotopic (exact) mass is 570 g/mol. The van der Waals surface area contributed by atoms with Gasteiger partial charge < -0.3 is 29.9 Å². The van der Waals surface area contributed by atoms with Crippen LogP contribution in [0.15, 0.2) is 11.5 Å². The van der Waals surface area contributed by atoms with E-state index in [1.54, 1.807) is 13.8 Å². The topological polar surface area (TPSA) is 117 Å². The lowest BCUT2D eigenvalue weighted by Crippen LogP contribution is -2.58. The molecule has 0 aliphatic carbocycles. The highest BCUT2D eigenvalue weighted by atomic mass is 19.4. The first-order valence-corrected chi connectivity index (χ1v) is 12.6. The summed E-state index contributed by atoms with van der Waals surface area (Å²) in [5.74, 6) is -12.2. The Morgan fingerprint density at radius 3 is 2.05 bits per heavy atom. The summed E-state index contributed by atoms with van der Waals surface area (Å²) in [6.45, 7) is 7.96. The maximum Gasteiger partial charge on any atom is 0.461 e. The third-order valence-electron chi connectivity index (χ3n) is 6.32. The SMILES string of the molecule is CC(=O)O/C(=C(\NC(=O)[C@@H]1CCCN1C(=O)[C@@H](NC(=O)N1CCOCC1)C(C)C)C(C)C)C(F)(F)C(F)(F)F. The molecule has 39 heavy (non-hydrogen) atoms. The van der Waals surface area contributed by atoms with Crippen molar-refractivity contribution in [3.05, 3.63) is 11.5 Å². The van der Waals surface area contributed by atoms with Gasteiger partial charge in [-0.15, -0.1) is 0 Å². The molecule has 4 amide bonds. The second-order valence-electron chi connectivity index (χ2n) is 10.0. The van der Waals surface area contributed by atoms with Gasteiger partial charge in [0, 0.05) is 26.6 Å². The maximum absolute atomic E-state index is 14.3. The van der Waals surface area contributed by atoms with E-state index in [4.69, 9.17) is 4.74 Å². The highest BCUT2D eigenvalue weighted by Crippen LogP contribution is 2.43. The molecule has 10 nitrogen and oxygen atoms in total. The average Bonchev–Trinajstić information content (AvgIpc) is 3.33. The Labute approximate surface area is 223 Å². The van der Waals surface area contributed by atoms with Crippen LogP contribution in [0.4, 0.5) is 26.7 Å². The summed E-state index contributed by atoms with van der Waals surface area (Å²) in [6, 6.07) is -2.73. The molecule has 0 spiro atoms. The number of morpholine rings is 1. The number of hydrogen-bond donors (Lipinski definition) is 2.